The predicted octanol–water partition coefficient (Wildman–Crippen LogP) is 2.89. The van der Waals surface area contributed by atoms with Crippen molar-refractivity contribution >= 4 is 27.3 Å². The van der Waals surface area contributed by atoms with Gasteiger partial charge in [-0.25, -0.2) is 4.98 Å². The Morgan fingerprint density at radius 1 is 1.22 bits per heavy atom. The summed E-state index contributed by atoms with van der Waals surface area (Å²) in [6, 6.07) is 4.61. The third kappa shape index (κ3) is 1.36. The molecule has 4 heteroatoms. The third-order valence-corrected chi connectivity index (χ3v) is 4.76. The molecular weight excluding hydrogens is 242 g/mol. The Hall–Kier alpha value is -1.39. The molecule has 0 spiro atoms. The van der Waals surface area contributed by atoms with Gasteiger partial charge in [0.1, 0.15) is 0 Å². The number of nitrogens with two attached hydrogens (primary N) is 1. The Kier molecular flexibility index (Phi) is 2.22. The van der Waals surface area contributed by atoms with Crippen molar-refractivity contribution in [3.05, 3.63) is 34.3 Å². The maximum absolute atomic E-state index is 5.81. The lowest BCUT2D eigenvalue weighted by Gasteiger charge is -2.15. The second-order valence-electron chi connectivity index (χ2n) is 4.98. The van der Waals surface area contributed by atoms with Crippen LogP contribution in [0.1, 0.15) is 29.7 Å². The van der Waals surface area contributed by atoms with E-state index in [4.69, 9.17) is 10.7 Å². The van der Waals surface area contributed by atoms with Crippen LogP contribution in [0.25, 0.3) is 16.0 Å². The topological polar surface area (TPSA) is 43.3 Å². The standard InChI is InChI=1S/C14H15N3S/c15-7-11-8-18-14-16-12-5-9-3-1-2-4-10(9)6-13(12)17(11)14/h5-6,8H,1-4,7,15H2. The second-order valence-corrected chi connectivity index (χ2v) is 5.81. The number of hydrogen-bond acceptors (Lipinski definition) is 3. The molecule has 3 aromatic rings. The largest absolute Gasteiger partial charge is 0.325 e. The van der Waals surface area contributed by atoms with E-state index in [1.807, 2.05) is 0 Å². The van der Waals surface area contributed by atoms with E-state index >= 15 is 0 Å². The van der Waals surface area contributed by atoms with Crippen molar-refractivity contribution in [2.45, 2.75) is 32.2 Å². The fourth-order valence-electron chi connectivity index (χ4n) is 2.95. The van der Waals surface area contributed by atoms with Gasteiger partial charge in [0, 0.05) is 17.6 Å². The molecule has 1 aromatic carbocycles. The van der Waals surface area contributed by atoms with E-state index < -0.39 is 0 Å². The Morgan fingerprint density at radius 3 is 2.78 bits per heavy atom. The van der Waals surface area contributed by atoms with Crippen LogP contribution in [0.3, 0.4) is 0 Å². The summed E-state index contributed by atoms with van der Waals surface area (Å²) >= 11 is 1.68. The summed E-state index contributed by atoms with van der Waals surface area (Å²) in [4.78, 5) is 5.78. The summed E-state index contributed by atoms with van der Waals surface area (Å²) in [6.45, 7) is 0.572. The monoisotopic (exact) mass is 257 g/mol. The summed E-state index contributed by atoms with van der Waals surface area (Å²) in [7, 11) is 0. The number of aryl methyl sites for hydroxylation is 2. The first-order chi connectivity index (χ1) is 8.86. The van der Waals surface area contributed by atoms with E-state index in [0.717, 1.165) is 16.2 Å². The van der Waals surface area contributed by atoms with Crippen molar-refractivity contribution in [3.63, 3.8) is 0 Å². The summed E-state index contributed by atoms with van der Waals surface area (Å²) in [5.74, 6) is 0. The molecule has 2 heterocycles. The minimum absolute atomic E-state index is 0.572. The molecule has 0 saturated carbocycles. The van der Waals surface area contributed by atoms with E-state index in [2.05, 4.69) is 21.9 Å². The smallest absolute Gasteiger partial charge is 0.194 e. The number of hydrogen-bond donors (Lipinski definition) is 1. The first-order valence-corrected chi connectivity index (χ1v) is 7.35. The molecule has 92 valence electrons. The molecule has 2 N–H and O–H groups in total. The Labute approximate surface area is 109 Å². The second kappa shape index (κ2) is 3.80. The number of imidazole rings is 1. The molecule has 0 aliphatic heterocycles. The lowest BCUT2D eigenvalue weighted by molar-refractivity contribution is 0.687. The number of benzene rings is 1. The van der Waals surface area contributed by atoms with Gasteiger partial charge in [-0.3, -0.25) is 4.40 Å². The molecule has 0 saturated heterocycles. The maximum Gasteiger partial charge on any atom is 0.194 e. The van der Waals surface area contributed by atoms with Gasteiger partial charge in [0.15, 0.2) is 4.96 Å². The van der Waals surface area contributed by atoms with Gasteiger partial charge in [0.2, 0.25) is 0 Å². The SMILES string of the molecule is NCc1csc2nc3cc4c(cc3n12)CCCC4. The van der Waals surface area contributed by atoms with Crippen LogP contribution in [-0.2, 0) is 19.4 Å². The van der Waals surface area contributed by atoms with Gasteiger partial charge in [-0.15, -0.1) is 11.3 Å². The molecule has 0 fully saturated rings. The lowest BCUT2D eigenvalue weighted by atomic mass is 9.91. The molecule has 2 aromatic heterocycles. The van der Waals surface area contributed by atoms with Crippen LogP contribution in [0.5, 0.6) is 0 Å². The average Bonchev–Trinajstić information content (AvgIpc) is 2.94. The van der Waals surface area contributed by atoms with Gasteiger partial charge in [-0.05, 0) is 48.9 Å². The first kappa shape index (κ1) is 10.5. The van der Waals surface area contributed by atoms with Crippen LogP contribution >= 0.6 is 11.3 Å². The number of aromatic nitrogens is 2. The zero-order valence-electron chi connectivity index (χ0n) is 10.1. The number of fused-ring (bicyclic) bond motifs is 4. The minimum Gasteiger partial charge on any atom is -0.325 e. The maximum atomic E-state index is 5.81. The molecule has 0 atom stereocenters. The van der Waals surface area contributed by atoms with Crippen molar-refractivity contribution in [2.75, 3.05) is 0 Å². The highest BCUT2D eigenvalue weighted by Gasteiger charge is 2.15. The van der Waals surface area contributed by atoms with Gasteiger partial charge in [-0.2, -0.15) is 0 Å². The van der Waals surface area contributed by atoms with Crippen molar-refractivity contribution in [1.82, 2.24) is 9.38 Å². The number of thiazole rings is 1. The third-order valence-electron chi connectivity index (χ3n) is 3.88. The summed E-state index contributed by atoms with van der Waals surface area (Å²) in [5, 5.41) is 2.11. The fourth-order valence-corrected chi connectivity index (χ4v) is 3.87. The highest BCUT2D eigenvalue weighted by Crippen LogP contribution is 2.29. The Morgan fingerprint density at radius 2 is 2.00 bits per heavy atom. The van der Waals surface area contributed by atoms with E-state index in [1.54, 1.807) is 11.3 Å². The predicted molar refractivity (Wildman–Crippen MR) is 75.1 cm³/mol. The average molecular weight is 257 g/mol. The highest BCUT2D eigenvalue weighted by molar-refractivity contribution is 7.15. The molecular formula is C14H15N3S. The van der Waals surface area contributed by atoms with Gasteiger partial charge < -0.3 is 5.73 Å². The lowest BCUT2D eigenvalue weighted by Crippen LogP contribution is -2.03. The normalized spacial score (nSPS) is 15.4. The van der Waals surface area contributed by atoms with Crippen LogP contribution in [-0.4, -0.2) is 9.38 Å². The summed E-state index contributed by atoms with van der Waals surface area (Å²) < 4.78 is 2.22. The van der Waals surface area contributed by atoms with Gasteiger partial charge in [0.05, 0.1) is 11.0 Å². The molecule has 4 rings (SSSR count). The number of rotatable bonds is 1. The van der Waals surface area contributed by atoms with Gasteiger partial charge >= 0.3 is 0 Å². The van der Waals surface area contributed by atoms with Crippen LogP contribution < -0.4 is 5.73 Å². The molecule has 3 nitrogen and oxygen atoms in total. The van der Waals surface area contributed by atoms with Crippen molar-refractivity contribution in [2.24, 2.45) is 5.73 Å². The van der Waals surface area contributed by atoms with E-state index in [9.17, 15) is 0 Å². The molecule has 1 aliphatic rings. The summed E-state index contributed by atoms with van der Waals surface area (Å²) in [6.07, 6.45) is 5.05. The van der Waals surface area contributed by atoms with Crippen LogP contribution in [0.2, 0.25) is 0 Å². The van der Waals surface area contributed by atoms with E-state index in [1.165, 1.54) is 42.3 Å². The number of nitrogens with zero attached hydrogens (tertiary/aromatic N) is 2. The molecule has 0 unspecified atom stereocenters. The van der Waals surface area contributed by atoms with Crippen molar-refractivity contribution in [1.29, 1.82) is 0 Å². The van der Waals surface area contributed by atoms with Crippen molar-refractivity contribution in [3.8, 4) is 0 Å². The Bertz CT molecular complexity index is 738. The summed E-state index contributed by atoms with van der Waals surface area (Å²) in [5.41, 5.74) is 12.3. The molecule has 0 radical (unpaired) electrons. The van der Waals surface area contributed by atoms with Gasteiger partial charge in [0.25, 0.3) is 0 Å². The highest BCUT2D eigenvalue weighted by atomic mass is 32.1. The van der Waals surface area contributed by atoms with E-state index in [0.29, 0.717) is 6.54 Å². The molecule has 0 amide bonds. The van der Waals surface area contributed by atoms with E-state index in [-0.39, 0.29) is 0 Å². The van der Waals surface area contributed by atoms with Crippen molar-refractivity contribution < 1.29 is 0 Å². The zero-order chi connectivity index (χ0) is 12.1. The Balaban J connectivity index is 2.08. The van der Waals surface area contributed by atoms with Crippen LogP contribution in [0, 0.1) is 0 Å². The fraction of sp³-hybridized carbons (Fsp3) is 0.357. The van der Waals surface area contributed by atoms with Crippen LogP contribution in [0.4, 0.5) is 0 Å². The zero-order valence-corrected chi connectivity index (χ0v) is 11.0. The van der Waals surface area contributed by atoms with Gasteiger partial charge in [-0.1, -0.05) is 0 Å². The molecule has 0 bridgehead atoms. The van der Waals surface area contributed by atoms with Crippen LogP contribution in [0.15, 0.2) is 17.5 Å². The first-order valence-electron chi connectivity index (χ1n) is 6.47. The quantitative estimate of drug-likeness (QED) is 0.728. The molecule has 18 heavy (non-hydrogen) atoms. The minimum atomic E-state index is 0.572. The molecule has 1 aliphatic carbocycles.